The Balaban J connectivity index is 2.23. The van der Waals surface area contributed by atoms with Crippen molar-refractivity contribution in [3.05, 3.63) is 46.7 Å². The smallest absolute Gasteiger partial charge is 0.321 e. The zero-order chi connectivity index (χ0) is 11.5. The minimum absolute atomic E-state index is 0.344. The van der Waals surface area contributed by atoms with Crippen molar-refractivity contribution in [1.29, 1.82) is 0 Å². The lowest BCUT2D eigenvalue weighted by atomic mass is 10.2. The second-order valence-electron chi connectivity index (χ2n) is 3.55. The highest BCUT2D eigenvalue weighted by molar-refractivity contribution is 6.30. The van der Waals surface area contributed by atoms with Gasteiger partial charge in [-0.15, -0.1) is 0 Å². The molecule has 0 saturated carbocycles. The van der Waals surface area contributed by atoms with E-state index in [2.05, 4.69) is 9.97 Å². The molecule has 0 aliphatic heterocycles. The zero-order valence-corrected chi connectivity index (χ0v) is 9.82. The molecule has 0 amide bonds. The zero-order valence-electron chi connectivity index (χ0n) is 9.07. The van der Waals surface area contributed by atoms with Crippen LogP contribution in [0.4, 0.5) is 0 Å². The van der Waals surface area contributed by atoms with Gasteiger partial charge in [0.15, 0.2) is 0 Å². The lowest BCUT2D eigenvalue weighted by molar-refractivity contribution is 0.438. The summed E-state index contributed by atoms with van der Waals surface area (Å²) in [5.41, 5.74) is 1.96. The van der Waals surface area contributed by atoms with Crippen molar-refractivity contribution in [1.82, 2.24) is 9.97 Å². The highest BCUT2D eigenvalue weighted by atomic mass is 35.5. The van der Waals surface area contributed by atoms with E-state index in [0.29, 0.717) is 16.8 Å². The van der Waals surface area contributed by atoms with Crippen LogP contribution in [0.2, 0.25) is 5.02 Å². The van der Waals surface area contributed by atoms with Crippen molar-refractivity contribution >= 4 is 11.6 Å². The first kappa shape index (κ1) is 10.9. The quantitative estimate of drug-likeness (QED) is 0.797. The second-order valence-corrected chi connectivity index (χ2v) is 3.99. The van der Waals surface area contributed by atoms with Gasteiger partial charge < -0.3 is 4.74 Å². The van der Waals surface area contributed by atoms with Crippen molar-refractivity contribution in [2.75, 3.05) is 0 Å². The van der Waals surface area contributed by atoms with Gasteiger partial charge in [0.2, 0.25) is 0 Å². The number of aromatic nitrogens is 2. The van der Waals surface area contributed by atoms with Gasteiger partial charge in [-0.3, -0.25) is 0 Å². The minimum atomic E-state index is 0.344. The lowest BCUT2D eigenvalue weighted by Crippen LogP contribution is -1.93. The van der Waals surface area contributed by atoms with Gasteiger partial charge in [0.1, 0.15) is 5.75 Å². The topological polar surface area (TPSA) is 35.0 Å². The molecule has 4 heteroatoms. The third-order valence-corrected chi connectivity index (χ3v) is 2.33. The summed E-state index contributed by atoms with van der Waals surface area (Å²) in [4.78, 5) is 8.14. The number of ether oxygens (including phenoxy) is 1. The molecule has 16 heavy (non-hydrogen) atoms. The Hall–Kier alpha value is -1.61. The molecule has 0 spiro atoms. The largest absolute Gasteiger partial charge is 0.424 e. The molecule has 1 aromatic carbocycles. The van der Waals surface area contributed by atoms with Gasteiger partial charge in [0, 0.05) is 17.4 Å². The third-order valence-electron chi connectivity index (χ3n) is 2.10. The summed E-state index contributed by atoms with van der Waals surface area (Å²) in [5.74, 6) is 0.716. The van der Waals surface area contributed by atoms with Crippen LogP contribution in [0.3, 0.4) is 0 Å². The molecular weight excluding hydrogens is 224 g/mol. The number of hydrogen-bond donors (Lipinski definition) is 0. The van der Waals surface area contributed by atoms with Crippen molar-refractivity contribution < 1.29 is 4.74 Å². The SMILES string of the molecule is Cc1cnc(Oc2ccc(Cl)cc2C)nc1. The van der Waals surface area contributed by atoms with Crippen LogP contribution in [-0.4, -0.2) is 9.97 Å². The van der Waals surface area contributed by atoms with Crippen LogP contribution in [-0.2, 0) is 0 Å². The number of rotatable bonds is 2. The van der Waals surface area contributed by atoms with Crippen molar-refractivity contribution in [3.8, 4) is 11.8 Å². The van der Waals surface area contributed by atoms with Crippen LogP contribution in [0.25, 0.3) is 0 Å². The number of aryl methyl sites for hydroxylation is 2. The highest BCUT2D eigenvalue weighted by Crippen LogP contribution is 2.24. The van der Waals surface area contributed by atoms with E-state index in [1.54, 1.807) is 24.5 Å². The van der Waals surface area contributed by atoms with Crippen molar-refractivity contribution in [3.63, 3.8) is 0 Å². The van der Waals surface area contributed by atoms with E-state index in [1.807, 2.05) is 19.9 Å². The van der Waals surface area contributed by atoms with Gasteiger partial charge >= 0.3 is 6.01 Å². The van der Waals surface area contributed by atoms with Gasteiger partial charge in [0.25, 0.3) is 0 Å². The standard InChI is InChI=1S/C12H11ClN2O/c1-8-6-14-12(15-7-8)16-11-4-3-10(13)5-9(11)2/h3-7H,1-2H3. The number of hydrogen-bond acceptors (Lipinski definition) is 3. The van der Waals surface area contributed by atoms with Gasteiger partial charge in [0.05, 0.1) is 0 Å². The molecule has 0 aliphatic carbocycles. The van der Waals surface area contributed by atoms with Gasteiger partial charge in [-0.05, 0) is 43.2 Å². The van der Waals surface area contributed by atoms with E-state index in [0.717, 1.165) is 11.1 Å². The molecule has 0 atom stereocenters. The molecule has 0 saturated heterocycles. The molecule has 0 bridgehead atoms. The minimum Gasteiger partial charge on any atom is -0.424 e. The van der Waals surface area contributed by atoms with Crippen LogP contribution < -0.4 is 4.74 Å². The Morgan fingerprint density at radius 2 is 1.81 bits per heavy atom. The number of halogens is 1. The van der Waals surface area contributed by atoms with Gasteiger partial charge in [-0.25, -0.2) is 9.97 Å². The monoisotopic (exact) mass is 234 g/mol. The first-order chi connectivity index (χ1) is 7.65. The molecule has 82 valence electrons. The summed E-state index contributed by atoms with van der Waals surface area (Å²) in [7, 11) is 0. The third kappa shape index (κ3) is 2.49. The second kappa shape index (κ2) is 4.49. The number of nitrogens with zero attached hydrogens (tertiary/aromatic N) is 2. The Kier molecular flexibility index (Phi) is 3.06. The van der Waals surface area contributed by atoms with E-state index in [-0.39, 0.29) is 0 Å². The van der Waals surface area contributed by atoms with Crippen molar-refractivity contribution in [2.45, 2.75) is 13.8 Å². The molecule has 0 radical (unpaired) electrons. The molecule has 1 aromatic heterocycles. The molecule has 0 fully saturated rings. The molecule has 1 heterocycles. The van der Waals surface area contributed by atoms with Crippen LogP contribution in [0, 0.1) is 13.8 Å². The molecule has 3 nitrogen and oxygen atoms in total. The van der Waals surface area contributed by atoms with E-state index >= 15 is 0 Å². The maximum Gasteiger partial charge on any atom is 0.321 e. The molecule has 0 unspecified atom stereocenters. The van der Waals surface area contributed by atoms with Crippen LogP contribution in [0.15, 0.2) is 30.6 Å². The predicted octanol–water partition coefficient (Wildman–Crippen LogP) is 3.54. The Morgan fingerprint density at radius 3 is 2.44 bits per heavy atom. The number of benzene rings is 1. The molecule has 2 rings (SSSR count). The Bertz CT molecular complexity index is 497. The Labute approximate surface area is 99.1 Å². The Morgan fingerprint density at radius 1 is 1.12 bits per heavy atom. The van der Waals surface area contributed by atoms with Crippen LogP contribution in [0.1, 0.15) is 11.1 Å². The van der Waals surface area contributed by atoms with Crippen LogP contribution >= 0.6 is 11.6 Å². The van der Waals surface area contributed by atoms with E-state index in [4.69, 9.17) is 16.3 Å². The summed E-state index contributed by atoms with van der Waals surface area (Å²) >= 11 is 5.85. The molecular formula is C12H11ClN2O. The lowest BCUT2D eigenvalue weighted by Gasteiger charge is -2.06. The fourth-order valence-corrected chi connectivity index (χ4v) is 1.49. The summed E-state index contributed by atoms with van der Waals surface area (Å²) in [5, 5.41) is 0.690. The van der Waals surface area contributed by atoms with E-state index in [9.17, 15) is 0 Å². The van der Waals surface area contributed by atoms with E-state index < -0.39 is 0 Å². The average Bonchev–Trinajstić information content (AvgIpc) is 2.25. The summed E-state index contributed by atoms with van der Waals surface area (Å²) in [6, 6.07) is 5.76. The average molecular weight is 235 g/mol. The summed E-state index contributed by atoms with van der Waals surface area (Å²) in [6.45, 7) is 3.85. The predicted molar refractivity (Wildman–Crippen MR) is 63.0 cm³/mol. The molecule has 2 aromatic rings. The molecule has 0 aliphatic rings. The first-order valence-electron chi connectivity index (χ1n) is 4.88. The normalized spacial score (nSPS) is 10.2. The van der Waals surface area contributed by atoms with E-state index in [1.165, 1.54) is 0 Å². The maximum absolute atomic E-state index is 5.85. The van der Waals surface area contributed by atoms with Crippen LogP contribution in [0.5, 0.6) is 11.8 Å². The maximum atomic E-state index is 5.85. The fourth-order valence-electron chi connectivity index (χ4n) is 1.26. The van der Waals surface area contributed by atoms with Gasteiger partial charge in [-0.2, -0.15) is 0 Å². The summed E-state index contributed by atoms with van der Waals surface area (Å²) < 4.78 is 5.54. The van der Waals surface area contributed by atoms with Gasteiger partial charge in [-0.1, -0.05) is 11.6 Å². The van der Waals surface area contributed by atoms with Crippen molar-refractivity contribution in [2.24, 2.45) is 0 Å². The fraction of sp³-hybridized carbons (Fsp3) is 0.167. The highest BCUT2D eigenvalue weighted by Gasteiger charge is 2.03. The first-order valence-corrected chi connectivity index (χ1v) is 5.25. The molecule has 0 N–H and O–H groups in total. The summed E-state index contributed by atoms with van der Waals surface area (Å²) in [6.07, 6.45) is 3.43.